The van der Waals surface area contributed by atoms with Gasteiger partial charge in [-0.15, -0.1) is 0 Å². The molecule has 0 aliphatic carbocycles. The molecule has 0 atom stereocenters. The predicted octanol–water partition coefficient (Wildman–Crippen LogP) is 2.71. The molecule has 0 bridgehead atoms. The maximum atomic E-state index is 10.7. The molecular weight excluding hydrogens is 391 g/mol. The number of hydrogen-bond donors (Lipinski definition) is 0. The van der Waals surface area contributed by atoms with Crippen molar-refractivity contribution in [3.05, 3.63) is 0 Å². The second-order valence-electron chi connectivity index (χ2n) is 4.85. The molecule has 0 aromatic carbocycles. The number of halogens is 3. The monoisotopic (exact) mass is 412 g/mol. The zero-order valence-electron chi connectivity index (χ0n) is 13.4. The molecule has 0 aromatic rings. The Balaban J connectivity index is -0.000000382. The van der Waals surface area contributed by atoms with Crippen molar-refractivity contribution in [3.63, 3.8) is 0 Å². The molecule has 0 unspecified atom stereocenters. The van der Waals surface area contributed by atoms with Crippen LogP contribution in [0.15, 0.2) is 0 Å². The van der Waals surface area contributed by atoms with E-state index in [1.165, 1.54) is 44.9 Å². The maximum Gasteiger partial charge on any atom is 2.00 e. The van der Waals surface area contributed by atoms with Crippen LogP contribution in [0, 0.1) is 0 Å². The summed E-state index contributed by atoms with van der Waals surface area (Å²) >= 11 is 0. The Morgan fingerprint density at radius 2 is 1.22 bits per heavy atom. The molecular formula is C13H23F3O5SZn. The van der Waals surface area contributed by atoms with Crippen LogP contribution < -0.4 is 5.11 Å². The van der Waals surface area contributed by atoms with Gasteiger partial charge in [-0.1, -0.05) is 58.3 Å². The third-order valence-electron chi connectivity index (χ3n) is 2.77. The molecule has 0 aliphatic heterocycles. The van der Waals surface area contributed by atoms with Crippen LogP contribution in [0.3, 0.4) is 0 Å². The molecule has 0 spiro atoms. The smallest absolute Gasteiger partial charge is 0.741 e. The molecule has 0 fully saturated rings. The van der Waals surface area contributed by atoms with Crippen molar-refractivity contribution in [2.45, 2.75) is 76.6 Å². The predicted molar refractivity (Wildman–Crippen MR) is 72.6 cm³/mol. The number of carboxylic acids is 1. The molecule has 0 rings (SSSR count). The number of hydrogen-bond acceptors (Lipinski definition) is 5. The van der Waals surface area contributed by atoms with E-state index in [0.29, 0.717) is 0 Å². The molecule has 0 amide bonds. The van der Waals surface area contributed by atoms with Gasteiger partial charge in [0, 0.05) is 5.97 Å². The van der Waals surface area contributed by atoms with E-state index >= 15 is 0 Å². The number of carbonyl (C=O) groups excluding carboxylic acids is 1. The fraction of sp³-hybridized carbons (Fsp3) is 0.923. The molecule has 0 saturated heterocycles. The number of unbranched alkanes of at least 4 members (excludes halogenated alkanes) is 8. The van der Waals surface area contributed by atoms with Crippen LogP contribution in [0.5, 0.6) is 0 Å². The van der Waals surface area contributed by atoms with Crippen LogP contribution in [0.25, 0.3) is 0 Å². The van der Waals surface area contributed by atoms with E-state index in [-0.39, 0.29) is 25.9 Å². The van der Waals surface area contributed by atoms with Crippen molar-refractivity contribution >= 4 is 16.1 Å². The normalized spacial score (nSPS) is 11.2. The number of rotatable bonds is 10. The Morgan fingerprint density at radius 3 is 1.48 bits per heavy atom. The first-order valence-electron chi connectivity index (χ1n) is 7.24. The number of aliphatic carboxylic acids is 1. The van der Waals surface area contributed by atoms with Crippen LogP contribution in [0.1, 0.15) is 71.1 Å². The molecule has 23 heavy (non-hydrogen) atoms. The Kier molecular flexibility index (Phi) is 18.4. The van der Waals surface area contributed by atoms with Gasteiger partial charge in [0.05, 0.1) is 0 Å². The molecule has 0 aromatic heterocycles. The maximum absolute atomic E-state index is 10.7. The van der Waals surface area contributed by atoms with Crippen molar-refractivity contribution in [1.82, 2.24) is 0 Å². The second kappa shape index (κ2) is 15.3. The van der Waals surface area contributed by atoms with Gasteiger partial charge < -0.3 is 14.5 Å². The minimum Gasteiger partial charge on any atom is -0.741 e. The summed E-state index contributed by atoms with van der Waals surface area (Å²) in [6.07, 6.45) is 11.2. The number of carboxylic acid groups (broad SMARTS) is 1. The van der Waals surface area contributed by atoms with E-state index in [2.05, 4.69) is 6.92 Å². The molecule has 0 radical (unpaired) electrons. The summed E-state index contributed by atoms with van der Waals surface area (Å²) in [5.74, 6) is -0.909. The van der Waals surface area contributed by atoms with Gasteiger partial charge in [-0.3, -0.25) is 0 Å². The fourth-order valence-corrected chi connectivity index (χ4v) is 1.58. The van der Waals surface area contributed by atoms with Crippen LogP contribution in [-0.4, -0.2) is 24.4 Å². The fourth-order valence-electron chi connectivity index (χ4n) is 1.58. The summed E-state index contributed by atoms with van der Waals surface area (Å²) in [7, 11) is -6.09. The Bertz CT molecular complexity index is 386. The Hall–Kier alpha value is -0.207. The summed E-state index contributed by atoms with van der Waals surface area (Å²) in [5, 5.41) is 10.1. The van der Waals surface area contributed by atoms with Crippen molar-refractivity contribution in [2.75, 3.05) is 0 Å². The van der Waals surface area contributed by atoms with Gasteiger partial charge in [-0.25, -0.2) is 8.42 Å². The van der Waals surface area contributed by atoms with E-state index in [4.69, 9.17) is 13.0 Å². The van der Waals surface area contributed by atoms with E-state index in [1.807, 2.05) is 0 Å². The van der Waals surface area contributed by atoms with E-state index in [0.717, 1.165) is 12.8 Å². The minimum absolute atomic E-state index is 0. The van der Waals surface area contributed by atoms with E-state index in [9.17, 15) is 23.1 Å². The first kappa shape index (κ1) is 27.6. The van der Waals surface area contributed by atoms with Crippen LogP contribution in [-0.2, 0) is 34.4 Å². The van der Waals surface area contributed by atoms with Gasteiger partial charge in [-0.05, 0) is 12.8 Å². The topological polar surface area (TPSA) is 97.3 Å². The molecule has 0 N–H and O–H groups in total. The molecule has 0 aliphatic rings. The summed E-state index contributed by atoms with van der Waals surface area (Å²) in [4.78, 5) is 10.1. The zero-order valence-corrected chi connectivity index (χ0v) is 17.1. The molecule has 0 saturated carbocycles. The average Bonchev–Trinajstić information content (AvgIpc) is 2.35. The van der Waals surface area contributed by atoms with Crippen LogP contribution in [0.4, 0.5) is 13.2 Å². The third-order valence-corrected chi connectivity index (χ3v) is 3.33. The van der Waals surface area contributed by atoms with Crippen LogP contribution >= 0.6 is 0 Å². The van der Waals surface area contributed by atoms with Crippen LogP contribution in [0.2, 0.25) is 0 Å². The summed E-state index contributed by atoms with van der Waals surface area (Å²) in [5.41, 5.74) is -5.65. The SMILES string of the molecule is CCCCCCCCCCCC(=O)[O-].O=S(=O)([O-])C(F)(F)F.[Zn+2]. The average molecular weight is 414 g/mol. The quantitative estimate of drug-likeness (QED) is 0.237. The third kappa shape index (κ3) is 21.8. The van der Waals surface area contributed by atoms with Crippen molar-refractivity contribution in [3.8, 4) is 0 Å². The summed E-state index contributed by atoms with van der Waals surface area (Å²) < 4.78 is 58.9. The molecule has 5 nitrogen and oxygen atoms in total. The van der Waals surface area contributed by atoms with E-state index < -0.39 is 21.6 Å². The van der Waals surface area contributed by atoms with Gasteiger partial charge in [0.15, 0.2) is 10.1 Å². The van der Waals surface area contributed by atoms with Crippen molar-refractivity contribution in [2.24, 2.45) is 0 Å². The minimum atomic E-state index is -6.09. The van der Waals surface area contributed by atoms with Gasteiger partial charge >= 0.3 is 25.0 Å². The van der Waals surface area contributed by atoms with Crippen molar-refractivity contribution < 1.29 is 55.5 Å². The number of alkyl halides is 3. The molecule has 0 heterocycles. The first-order chi connectivity index (χ1) is 10.0. The zero-order chi connectivity index (χ0) is 17.6. The van der Waals surface area contributed by atoms with Gasteiger partial charge in [0.1, 0.15) is 0 Å². The Labute approximate surface area is 148 Å². The standard InChI is InChI=1S/C12H24O2.CHF3O3S.Zn/c1-2-3-4-5-6-7-8-9-10-11-12(13)14;2-1(3,4)8(5,6)7;/h2-11H2,1H3,(H,13,14);(H,5,6,7);/q;;+2/p-2. The first-order valence-corrected chi connectivity index (χ1v) is 8.65. The molecule has 10 heteroatoms. The van der Waals surface area contributed by atoms with Crippen molar-refractivity contribution in [1.29, 1.82) is 0 Å². The largest absolute Gasteiger partial charge is 2.00 e. The van der Waals surface area contributed by atoms with Gasteiger partial charge in [0.25, 0.3) is 0 Å². The molecule has 134 valence electrons. The summed E-state index contributed by atoms with van der Waals surface area (Å²) in [6.45, 7) is 2.22. The van der Waals surface area contributed by atoms with Gasteiger partial charge in [-0.2, -0.15) is 13.2 Å². The number of carbonyl (C=O) groups is 1. The van der Waals surface area contributed by atoms with E-state index in [1.54, 1.807) is 0 Å². The van der Waals surface area contributed by atoms with Gasteiger partial charge in [0.2, 0.25) is 0 Å². The Morgan fingerprint density at radius 1 is 0.913 bits per heavy atom. The summed E-state index contributed by atoms with van der Waals surface area (Å²) in [6, 6.07) is 0. The second-order valence-corrected chi connectivity index (χ2v) is 6.22.